The zero-order valence-corrected chi connectivity index (χ0v) is 24.2. The number of carbonyl (C=O) groups is 2. The van der Waals surface area contributed by atoms with E-state index in [1.807, 2.05) is 13.8 Å². The van der Waals surface area contributed by atoms with E-state index in [-0.39, 0.29) is 41.7 Å². The Kier molecular flexibility index (Phi) is 10.7. The molecule has 230 valence electrons. The van der Waals surface area contributed by atoms with Gasteiger partial charge in [0.1, 0.15) is 30.4 Å². The lowest BCUT2D eigenvalue weighted by Gasteiger charge is -2.29. The SMILES string of the molecule is COC(=O)[C@H](CC(C)C)NP(=O)(N[C@@H](CC(C)C)C(=O)O)OC[C@H]1O[C@@H](n2cnc3c(N)nc(F)nc32)[C@@H](O)[C@@H]1O. The Bertz CT molecular complexity index is 1280. The van der Waals surface area contributed by atoms with E-state index in [2.05, 4.69) is 25.1 Å². The first-order valence-corrected chi connectivity index (χ1v) is 14.6. The van der Waals surface area contributed by atoms with Gasteiger partial charge in [-0.25, -0.2) is 15.2 Å². The van der Waals surface area contributed by atoms with Crippen molar-refractivity contribution >= 4 is 36.6 Å². The molecule has 2 aromatic rings. The predicted molar refractivity (Wildman–Crippen MR) is 142 cm³/mol. The highest BCUT2D eigenvalue weighted by atomic mass is 31.2. The Balaban J connectivity index is 1.86. The van der Waals surface area contributed by atoms with Gasteiger partial charge in [-0.05, 0) is 24.7 Å². The fourth-order valence-electron chi connectivity index (χ4n) is 4.39. The van der Waals surface area contributed by atoms with Crippen molar-refractivity contribution in [2.45, 2.75) is 77.2 Å². The van der Waals surface area contributed by atoms with Gasteiger partial charge in [-0.1, -0.05) is 27.7 Å². The molecule has 0 amide bonds. The molecule has 7 N–H and O–H groups in total. The molecule has 1 aliphatic rings. The number of nitrogens with two attached hydrogens (primary N) is 1. The minimum atomic E-state index is -4.36. The lowest BCUT2D eigenvalue weighted by Crippen LogP contribution is -2.45. The van der Waals surface area contributed by atoms with Crippen molar-refractivity contribution in [2.24, 2.45) is 11.8 Å². The number of aliphatic carboxylic acids is 1. The monoisotopic (exact) mass is 605 g/mol. The van der Waals surface area contributed by atoms with Crippen molar-refractivity contribution in [2.75, 3.05) is 19.5 Å². The number of imidazole rings is 1. The van der Waals surface area contributed by atoms with Crippen LogP contribution < -0.4 is 15.9 Å². The number of esters is 1. The van der Waals surface area contributed by atoms with Crippen LogP contribution in [0, 0.1) is 17.9 Å². The summed E-state index contributed by atoms with van der Waals surface area (Å²) in [5, 5.41) is 36.2. The number of aromatic nitrogens is 4. The molecule has 16 nitrogen and oxygen atoms in total. The zero-order valence-electron chi connectivity index (χ0n) is 23.3. The third kappa shape index (κ3) is 7.94. The minimum Gasteiger partial charge on any atom is -0.480 e. The normalized spacial score (nSPS) is 24.0. The summed E-state index contributed by atoms with van der Waals surface area (Å²) in [6, 6.07) is -2.45. The van der Waals surface area contributed by atoms with Gasteiger partial charge in [0.05, 0.1) is 20.0 Å². The predicted octanol–water partition coefficient (Wildman–Crippen LogP) is 0.558. The van der Waals surface area contributed by atoms with Gasteiger partial charge in [0.2, 0.25) is 0 Å². The highest BCUT2D eigenvalue weighted by molar-refractivity contribution is 7.54. The fourth-order valence-corrected chi connectivity index (χ4v) is 6.22. The van der Waals surface area contributed by atoms with Crippen molar-refractivity contribution < 1.29 is 47.9 Å². The van der Waals surface area contributed by atoms with Gasteiger partial charge in [0, 0.05) is 0 Å². The van der Waals surface area contributed by atoms with Gasteiger partial charge in [0.25, 0.3) is 0 Å². The van der Waals surface area contributed by atoms with Crippen LogP contribution in [0.2, 0.25) is 0 Å². The van der Waals surface area contributed by atoms with Crippen LogP contribution in [0.4, 0.5) is 10.2 Å². The van der Waals surface area contributed by atoms with Gasteiger partial charge < -0.3 is 35.1 Å². The molecule has 0 spiro atoms. The van der Waals surface area contributed by atoms with E-state index < -0.39 is 68.9 Å². The first-order valence-electron chi connectivity index (χ1n) is 12.9. The molecule has 1 saturated heterocycles. The molecule has 1 fully saturated rings. The van der Waals surface area contributed by atoms with Gasteiger partial charge in [0.15, 0.2) is 23.2 Å². The number of aliphatic hydroxyl groups is 2. The summed E-state index contributed by atoms with van der Waals surface area (Å²) in [4.78, 5) is 35.4. The van der Waals surface area contributed by atoms with Crippen LogP contribution in [-0.4, -0.2) is 90.9 Å². The molecule has 2 aromatic heterocycles. The molecule has 0 saturated carbocycles. The number of hydrogen-bond acceptors (Lipinski definition) is 12. The first kappa shape index (κ1) is 32.7. The van der Waals surface area contributed by atoms with Crippen molar-refractivity contribution in [1.29, 1.82) is 0 Å². The summed E-state index contributed by atoms with van der Waals surface area (Å²) in [7, 11) is -3.20. The molecule has 3 heterocycles. The summed E-state index contributed by atoms with van der Waals surface area (Å²) in [6.45, 7) is 6.59. The summed E-state index contributed by atoms with van der Waals surface area (Å²) < 4.78 is 45.2. The van der Waals surface area contributed by atoms with Crippen LogP contribution in [0.3, 0.4) is 0 Å². The van der Waals surface area contributed by atoms with E-state index in [1.165, 1.54) is 6.33 Å². The molecular formula is C23H37FN7O9P. The number of anilines is 1. The van der Waals surface area contributed by atoms with Crippen LogP contribution in [0.25, 0.3) is 11.2 Å². The second kappa shape index (κ2) is 13.5. The van der Waals surface area contributed by atoms with Crippen LogP contribution in [0.1, 0.15) is 46.8 Å². The number of nitrogens with one attached hydrogen (secondary N) is 2. The van der Waals surface area contributed by atoms with Gasteiger partial charge in [-0.15, -0.1) is 0 Å². The lowest BCUT2D eigenvalue weighted by molar-refractivity contribution is -0.143. The number of carboxylic acids is 1. The van der Waals surface area contributed by atoms with E-state index in [0.29, 0.717) is 0 Å². The molecule has 1 aliphatic heterocycles. The van der Waals surface area contributed by atoms with Gasteiger partial charge in [-0.3, -0.25) is 18.7 Å². The number of nitrogens with zero attached hydrogens (tertiary/aromatic N) is 4. The van der Waals surface area contributed by atoms with E-state index in [4.69, 9.17) is 19.7 Å². The lowest BCUT2D eigenvalue weighted by atomic mass is 10.1. The number of carbonyl (C=O) groups excluding carboxylic acids is 1. The fraction of sp³-hybridized carbons (Fsp3) is 0.696. The minimum absolute atomic E-state index is 0.0400. The number of ether oxygens (including phenoxy) is 2. The second-order valence-electron chi connectivity index (χ2n) is 10.6. The van der Waals surface area contributed by atoms with Crippen LogP contribution in [0.5, 0.6) is 0 Å². The Labute approximate surface area is 235 Å². The highest BCUT2D eigenvalue weighted by Gasteiger charge is 2.46. The number of carboxylic acid groups (broad SMARTS) is 1. The Hall–Kier alpha value is -2.79. The molecule has 1 unspecified atom stereocenters. The summed E-state index contributed by atoms with van der Waals surface area (Å²) in [5.41, 5.74) is 5.62. The maximum atomic E-state index is 14.0. The Morgan fingerprint density at radius 3 is 2.34 bits per heavy atom. The van der Waals surface area contributed by atoms with Crippen LogP contribution >= 0.6 is 7.67 Å². The number of hydrogen-bond donors (Lipinski definition) is 6. The van der Waals surface area contributed by atoms with Crippen LogP contribution in [-0.2, 0) is 28.2 Å². The molecule has 7 atom stereocenters. The molecule has 41 heavy (non-hydrogen) atoms. The number of nitrogen functional groups attached to an aromatic ring is 1. The standard InChI is InChI=1S/C23H37FN7O9P/c1-10(2)6-12(21(34)35)29-41(37,30-13(7-11(3)4)22(36)38-5)39-8-14-16(32)17(33)20(40-14)31-9-26-15-18(25)27-23(24)28-19(15)31/h9-14,16-17,20,32-33H,6-8H2,1-5H3,(H,34,35)(H2,25,27,28)(H2,29,30,37)/t12-,13-,14+,16+,17-,20+,41?/m0/s1. The Morgan fingerprint density at radius 1 is 1.15 bits per heavy atom. The highest BCUT2D eigenvalue weighted by Crippen LogP contribution is 2.42. The molecular weight excluding hydrogens is 568 g/mol. The molecule has 18 heteroatoms. The quantitative estimate of drug-likeness (QED) is 0.0980. The molecule has 0 aliphatic carbocycles. The second-order valence-corrected chi connectivity index (χ2v) is 12.5. The van der Waals surface area contributed by atoms with Gasteiger partial charge in [-0.2, -0.15) is 14.4 Å². The third-order valence-corrected chi connectivity index (χ3v) is 8.12. The number of methoxy groups -OCH3 is 1. The number of halogens is 1. The van der Waals surface area contributed by atoms with Crippen molar-refractivity contribution in [3.05, 3.63) is 12.4 Å². The van der Waals surface area contributed by atoms with Crippen molar-refractivity contribution in [1.82, 2.24) is 29.7 Å². The maximum Gasteiger partial charge on any atom is 0.342 e. The average Bonchev–Trinajstić information content (AvgIpc) is 3.41. The number of rotatable bonds is 14. The largest absolute Gasteiger partial charge is 0.480 e. The van der Waals surface area contributed by atoms with Gasteiger partial charge >= 0.3 is 25.7 Å². The molecule has 0 aromatic carbocycles. The number of aliphatic hydroxyl groups excluding tert-OH is 2. The third-order valence-electron chi connectivity index (χ3n) is 6.30. The van der Waals surface area contributed by atoms with Crippen molar-refractivity contribution in [3.63, 3.8) is 0 Å². The maximum absolute atomic E-state index is 14.0. The van der Waals surface area contributed by atoms with Crippen LogP contribution in [0.15, 0.2) is 6.33 Å². The summed E-state index contributed by atoms with van der Waals surface area (Å²) in [5.74, 6) is -2.43. The average molecular weight is 606 g/mol. The van der Waals surface area contributed by atoms with E-state index in [0.717, 1.165) is 11.7 Å². The first-order chi connectivity index (χ1) is 19.2. The van der Waals surface area contributed by atoms with Crippen molar-refractivity contribution in [3.8, 4) is 0 Å². The summed E-state index contributed by atoms with van der Waals surface area (Å²) in [6.07, 6.45) is -5.51. The molecule has 0 radical (unpaired) electrons. The smallest absolute Gasteiger partial charge is 0.342 e. The molecule has 3 rings (SSSR count). The number of fused-ring (bicyclic) bond motifs is 1. The Morgan fingerprint density at radius 2 is 1.76 bits per heavy atom. The van der Waals surface area contributed by atoms with E-state index in [9.17, 15) is 33.9 Å². The topological polar surface area (TPSA) is 233 Å². The van der Waals surface area contributed by atoms with E-state index in [1.54, 1.807) is 13.8 Å². The zero-order chi connectivity index (χ0) is 30.6. The van der Waals surface area contributed by atoms with E-state index >= 15 is 0 Å². The molecule has 0 bridgehead atoms. The summed E-state index contributed by atoms with van der Waals surface area (Å²) >= 11 is 0.